The van der Waals surface area contributed by atoms with Crippen LogP contribution in [0.2, 0.25) is 0 Å². The first-order chi connectivity index (χ1) is 10.0. The molecular formula is C15H22O6. The van der Waals surface area contributed by atoms with Crippen molar-refractivity contribution < 1.29 is 30.3 Å². The predicted octanol–water partition coefficient (Wildman–Crippen LogP) is -0.500. The van der Waals surface area contributed by atoms with Crippen LogP contribution < -0.4 is 0 Å². The minimum absolute atomic E-state index is 0.0698. The maximum atomic E-state index is 10.1. The highest BCUT2D eigenvalue weighted by molar-refractivity contribution is 5.52. The third-order valence-electron chi connectivity index (χ3n) is 2.97. The van der Waals surface area contributed by atoms with E-state index in [0.29, 0.717) is 0 Å². The van der Waals surface area contributed by atoms with Crippen LogP contribution in [0.1, 0.15) is 12.5 Å². The fraction of sp³-hybridized carbons (Fsp3) is 0.467. The van der Waals surface area contributed by atoms with Crippen LogP contribution in [0.3, 0.4) is 0 Å². The fourth-order valence-electron chi connectivity index (χ4n) is 1.78. The Bertz CT molecular complexity index is 433. The molecule has 0 fully saturated rings. The van der Waals surface area contributed by atoms with E-state index in [4.69, 9.17) is 9.84 Å². The zero-order valence-corrected chi connectivity index (χ0v) is 11.8. The van der Waals surface area contributed by atoms with E-state index in [-0.39, 0.29) is 12.4 Å². The van der Waals surface area contributed by atoms with Crippen LogP contribution in [0.5, 0.6) is 0 Å². The Morgan fingerprint density at radius 1 is 1.10 bits per heavy atom. The zero-order valence-electron chi connectivity index (χ0n) is 11.8. The van der Waals surface area contributed by atoms with Crippen molar-refractivity contribution in [1.29, 1.82) is 0 Å². The standard InChI is InChI=1S/C15H22O6/c1-2-21-12(8-10-6-4-3-5-7-10)14(19)15(20)13(18)11(17)9-16/h3-8,11,13-20H,2,9H2,1H3. The van der Waals surface area contributed by atoms with E-state index < -0.39 is 31.0 Å². The third-order valence-corrected chi connectivity index (χ3v) is 2.97. The van der Waals surface area contributed by atoms with Crippen LogP contribution in [0.4, 0.5) is 0 Å². The van der Waals surface area contributed by atoms with Crippen molar-refractivity contribution in [3.05, 3.63) is 41.7 Å². The van der Waals surface area contributed by atoms with Gasteiger partial charge in [0.1, 0.15) is 30.2 Å². The quantitative estimate of drug-likeness (QED) is 0.414. The van der Waals surface area contributed by atoms with Crippen LogP contribution in [0.15, 0.2) is 36.1 Å². The lowest BCUT2D eigenvalue weighted by Gasteiger charge is -2.27. The van der Waals surface area contributed by atoms with Crippen molar-refractivity contribution in [3.8, 4) is 0 Å². The lowest BCUT2D eigenvalue weighted by molar-refractivity contribution is -0.115. The average Bonchev–Trinajstić information content (AvgIpc) is 2.52. The Hall–Kier alpha value is -1.44. The van der Waals surface area contributed by atoms with E-state index >= 15 is 0 Å². The van der Waals surface area contributed by atoms with Crippen LogP contribution >= 0.6 is 0 Å². The molecule has 0 saturated carbocycles. The second-order valence-electron chi connectivity index (χ2n) is 4.57. The molecular weight excluding hydrogens is 276 g/mol. The summed E-state index contributed by atoms with van der Waals surface area (Å²) in [5, 5.41) is 47.7. The molecule has 0 aliphatic rings. The van der Waals surface area contributed by atoms with E-state index in [0.717, 1.165) is 5.56 Å². The van der Waals surface area contributed by atoms with Crippen molar-refractivity contribution in [2.24, 2.45) is 0 Å². The van der Waals surface area contributed by atoms with Gasteiger partial charge in [-0.15, -0.1) is 0 Å². The highest BCUT2D eigenvalue weighted by atomic mass is 16.5. The van der Waals surface area contributed by atoms with E-state index in [1.54, 1.807) is 19.1 Å². The summed E-state index contributed by atoms with van der Waals surface area (Å²) in [6.07, 6.45) is -4.91. The van der Waals surface area contributed by atoms with Gasteiger partial charge in [-0.3, -0.25) is 0 Å². The van der Waals surface area contributed by atoms with Crippen molar-refractivity contribution in [1.82, 2.24) is 0 Å². The second-order valence-corrected chi connectivity index (χ2v) is 4.57. The first-order valence-corrected chi connectivity index (χ1v) is 6.73. The number of aliphatic hydroxyl groups is 5. The Balaban J connectivity index is 2.92. The summed E-state index contributed by atoms with van der Waals surface area (Å²) >= 11 is 0. The largest absolute Gasteiger partial charge is 0.495 e. The molecule has 6 heteroatoms. The molecule has 0 saturated heterocycles. The van der Waals surface area contributed by atoms with Gasteiger partial charge in [0.15, 0.2) is 0 Å². The van der Waals surface area contributed by atoms with Gasteiger partial charge in [-0.1, -0.05) is 30.3 Å². The average molecular weight is 298 g/mol. The molecule has 5 N–H and O–H groups in total. The first-order valence-electron chi connectivity index (χ1n) is 6.73. The van der Waals surface area contributed by atoms with Crippen molar-refractivity contribution in [2.75, 3.05) is 13.2 Å². The Morgan fingerprint density at radius 3 is 2.24 bits per heavy atom. The van der Waals surface area contributed by atoms with E-state index in [1.165, 1.54) is 6.08 Å². The Kier molecular flexibility index (Phi) is 7.35. The Morgan fingerprint density at radius 2 is 1.71 bits per heavy atom. The fourth-order valence-corrected chi connectivity index (χ4v) is 1.78. The van der Waals surface area contributed by atoms with Crippen molar-refractivity contribution in [2.45, 2.75) is 31.3 Å². The summed E-state index contributed by atoms with van der Waals surface area (Å²) < 4.78 is 5.29. The minimum Gasteiger partial charge on any atom is -0.495 e. The van der Waals surface area contributed by atoms with E-state index in [1.807, 2.05) is 18.2 Å². The zero-order chi connectivity index (χ0) is 15.8. The SMILES string of the molecule is CCOC(=Cc1ccccc1)C(O)C(O)C(O)C(O)CO. The molecule has 118 valence electrons. The molecule has 0 aliphatic heterocycles. The smallest absolute Gasteiger partial charge is 0.139 e. The summed E-state index contributed by atoms with van der Waals surface area (Å²) in [6.45, 7) is 1.26. The number of hydrogen-bond donors (Lipinski definition) is 5. The molecule has 0 amide bonds. The summed E-state index contributed by atoms with van der Waals surface area (Å²) in [5.41, 5.74) is 0.754. The van der Waals surface area contributed by atoms with Gasteiger partial charge in [-0.2, -0.15) is 0 Å². The van der Waals surface area contributed by atoms with Gasteiger partial charge in [0, 0.05) is 0 Å². The molecule has 0 aromatic heterocycles. The van der Waals surface area contributed by atoms with Gasteiger partial charge >= 0.3 is 0 Å². The minimum atomic E-state index is -1.69. The molecule has 21 heavy (non-hydrogen) atoms. The maximum absolute atomic E-state index is 10.1. The summed E-state index contributed by atoms with van der Waals surface area (Å²) in [7, 11) is 0. The molecule has 0 radical (unpaired) electrons. The monoisotopic (exact) mass is 298 g/mol. The van der Waals surface area contributed by atoms with Gasteiger partial charge in [0.25, 0.3) is 0 Å². The molecule has 0 bridgehead atoms. The normalized spacial score (nSPS) is 17.9. The van der Waals surface area contributed by atoms with Gasteiger partial charge in [-0.25, -0.2) is 0 Å². The molecule has 1 rings (SSSR count). The molecule has 0 spiro atoms. The highest BCUT2D eigenvalue weighted by Crippen LogP contribution is 2.17. The number of aliphatic hydroxyl groups excluding tert-OH is 5. The van der Waals surface area contributed by atoms with Gasteiger partial charge < -0.3 is 30.3 Å². The van der Waals surface area contributed by atoms with Crippen LogP contribution in [-0.4, -0.2) is 63.2 Å². The number of benzene rings is 1. The molecule has 6 nitrogen and oxygen atoms in total. The Labute approximate surface area is 123 Å². The van der Waals surface area contributed by atoms with E-state index in [9.17, 15) is 20.4 Å². The first kappa shape index (κ1) is 17.6. The highest BCUT2D eigenvalue weighted by Gasteiger charge is 2.32. The number of ether oxygens (including phenoxy) is 1. The molecule has 0 heterocycles. The summed E-state index contributed by atoms with van der Waals surface area (Å²) in [5.74, 6) is 0.0698. The lowest BCUT2D eigenvalue weighted by Crippen LogP contribution is -2.46. The molecule has 4 unspecified atom stereocenters. The molecule has 1 aromatic carbocycles. The third kappa shape index (κ3) is 5.11. The van der Waals surface area contributed by atoms with Crippen molar-refractivity contribution >= 4 is 6.08 Å². The van der Waals surface area contributed by atoms with Crippen LogP contribution in [0, 0.1) is 0 Å². The van der Waals surface area contributed by atoms with E-state index in [2.05, 4.69) is 0 Å². The summed E-state index contributed by atoms with van der Waals surface area (Å²) in [6, 6.07) is 9.03. The maximum Gasteiger partial charge on any atom is 0.139 e. The topological polar surface area (TPSA) is 110 Å². The van der Waals surface area contributed by atoms with Crippen LogP contribution in [0.25, 0.3) is 6.08 Å². The molecule has 1 aromatic rings. The number of hydrogen-bond acceptors (Lipinski definition) is 6. The lowest BCUT2D eigenvalue weighted by atomic mass is 10.0. The predicted molar refractivity (Wildman–Crippen MR) is 77.2 cm³/mol. The van der Waals surface area contributed by atoms with Gasteiger partial charge in [-0.05, 0) is 18.6 Å². The molecule has 0 aliphatic carbocycles. The summed E-state index contributed by atoms with van der Waals surface area (Å²) in [4.78, 5) is 0. The van der Waals surface area contributed by atoms with Gasteiger partial charge in [0.05, 0.1) is 13.2 Å². The number of rotatable bonds is 8. The van der Waals surface area contributed by atoms with Crippen LogP contribution in [-0.2, 0) is 4.74 Å². The molecule has 4 atom stereocenters. The van der Waals surface area contributed by atoms with Gasteiger partial charge in [0.2, 0.25) is 0 Å². The second kappa shape index (κ2) is 8.76. The van der Waals surface area contributed by atoms with Crippen molar-refractivity contribution in [3.63, 3.8) is 0 Å².